The Hall–Kier alpha value is -1.43. The van der Waals surface area contributed by atoms with Crippen LogP contribution >= 0.6 is 15.9 Å². The van der Waals surface area contributed by atoms with Crippen molar-refractivity contribution in [3.63, 3.8) is 0 Å². The number of carbonyl (C=O) groups is 3. The van der Waals surface area contributed by atoms with Crippen molar-refractivity contribution in [2.45, 2.75) is 109 Å². The Morgan fingerprint density at radius 3 is 2.42 bits per heavy atom. The van der Waals surface area contributed by atoms with Crippen LogP contribution in [0.5, 0.6) is 0 Å². The van der Waals surface area contributed by atoms with Crippen molar-refractivity contribution in [3.05, 3.63) is 24.3 Å². The molecule has 0 aromatic heterocycles. The molecule has 2 aliphatic carbocycles. The fraction of sp³-hybridized carbons (Fsp3) is 0.767. The van der Waals surface area contributed by atoms with Crippen molar-refractivity contribution in [2.75, 3.05) is 13.2 Å². The van der Waals surface area contributed by atoms with Gasteiger partial charge in [-0.2, -0.15) is 0 Å². The molecule has 204 valence electrons. The van der Waals surface area contributed by atoms with E-state index < -0.39 is 0 Å². The molecule has 0 saturated heterocycles. The molecule has 36 heavy (non-hydrogen) atoms. The lowest BCUT2D eigenvalue weighted by molar-refractivity contribution is -0.150. The summed E-state index contributed by atoms with van der Waals surface area (Å²) in [4.78, 5) is 37.1. The minimum absolute atomic E-state index is 0.0539. The third kappa shape index (κ3) is 10.1. The standard InChI is InChI=1S/C30H47BrO5/c1-4-25(32)19-17-22-14-12-15-26(22)29-23(13-10-8-7-9-11-16-28(33)35-5-2)21-24(31)18-20-27(29)30(34)36-6-3/h4,15,22-24,27,29H,1,5-14,16-21H2,2-3H3. The zero-order chi connectivity index (χ0) is 26.3. The van der Waals surface area contributed by atoms with Crippen LogP contribution in [0.3, 0.4) is 0 Å². The fourth-order valence-corrected chi connectivity index (χ4v) is 6.88. The highest BCUT2D eigenvalue weighted by Gasteiger charge is 2.42. The number of unbranched alkanes of at least 4 members (excludes halogenated alkanes) is 4. The van der Waals surface area contributed by atoms with E-state index in [0.717, 1.165) is 77.0 Å². The molecule has 2 aliphatic rings. The van der Waals surface area contributed by atoms with Gasteiger partial charge >= 0.3 is 11.9 Å². The second-order valence-corrected chi connectivity index (χ2v) is 11.6. The Balaban J connectivity index is 2.06. The molecule has 0 N–H and O–H groups in total. The van der Waals surface area contributed by atoms with Gasteiger partial charge in [0, 0.05) is 17.7 Å². The minimum atomic E-state index is -0.107. The molecule has 0 aromatic carbocycles. The first-order chi connectivity index (χ1) is 17.4. The third-order valence-corrected chi connectivity index (χ3v) is 8.69. The number of hydrogen-bond donors (Lipinski definition) is 0. The van der Waals surface area contributed by atoms with E-state index in [4.69, 9.17) is 9.47 Å². The van der Waals surface area contributed by atoms with E-state index in [9.17, 15) is 14.4 Å². The summed E-state index contributed by atoms with van der Waals surface area (Å²) >= 11 is 3.90. The van der Waals surface area contributed by atoms with E-state index in [1.165, 1.54) is 11.6 Å². The molecule has 0 aromatic rings. The van der Waals surface area contributed by atoms with Gasteiger partial charge in [-0.05, 0) is 89.0 Å². The topological polar surface area (TPSA) is 69.7 Å². The normalized spacial score (nSPS) is 26.1. The molecule has 0 radical (unpaired) electrons. The summed E-state index contributed by atoms with van der Waals surface area (Å²) < 4.78 is 10.6. The highest BCUT2D eigenvalue weighted by Crippen LogP contribution is 2.48. The van der Waals surface area contributed by atoms with Gasteiger partial charge in [-0.1, -0.05) is 59.8 Å². The summed E-state index contributed by atoms with van der Waals surface area (Å²) in [5, 5.41) is 0. The predicted octanol–water partition coefficient (Wildman–Crippen LogP) is 7.51. The Kier molecular flexibility index (Phi) is 14.7. The van der Waals surface area contributed by atoms with E-state index >= 15 is 0 Å². The lowest BCUT2D eigenvalue weighted by Gasteiger charge is -2.35. The Bertz CT molecular complexity index is 746. The maximum Gasteiger partial charge on any atom is 0.309 e. The average Bonchev–Trinajstić information content (AvgIpc) is 3.25. The van der Waals surface area contributed by atoms with Gasteiger partial charge in [0.15, 0.2) is 5.78 Å². The first-order valence-corrected chi connectivity index (χ1v) is 15.1. The van der Waals surface area contributed by atoms with Gasteiger partial charge in [-0.3, -0.25) is 14.4 Å². The van der Waals surface area contributed by atoms with Crippen LogP contribution in [0.25, 0.3) is 0 Å². The smallest absolute Gasteiger partial charge is 0.309 e. The summed E-state index contributed by atoms with van der Waals surface area (Å²) in [5.74, 6) is 0.832. The first-order valence-electron chi connectivity index (χ1n) is 14.2. The van der Waals surface area contributed by atoms with Gasteiger partial charge in [0.2, 0.25) is 0 Å². The zero-order valence-electron chi connectivity index (χ0n) is 22.5. The molecule has 1 saturated carbocycles. The van der Waals surface area contributed by atoms with Crippen molar-refractivity contribution < 1.29 is 23.9 Å². The summed E-state index contributed by atoms with van der Waals surface area (Å²) in [6, 6.07) is 0. The van der Waals surface area contributed by atoms with Crippen molar-refractivity contribution in [2.24, 2.45) is 23.7 Å². The summed E-state index contributed by atoms with van der Waals surface area (Å²) in [6.07, 6.45) is 17.1. The number of alkyl halides is 1. The third-order valence-electron chi connectivity index (χ3n) is 7.86. The number of halogens is 1. The van der Waals surface area contributed by atoms with Crippen LogP contribution in [0, 0.1) is 23.7 Å². The van der Waals surface area contributed by atoms with Crippen molar-refractivity contribution in [1.29, 1.82) is 0 Å². The fourth-order valence-electron chi connectivity index (χ4n) is 6.14. The Morgan fingerprint density at radius 2 is 1.69 bits per heavy atom. The average molecular weight is 568 g/mol. The van der Waals surface area contributed by atoms with Gasteiger partial charge in [0.25, 0.3) is 0 Å². The molecule has 0 aliphatic heterocycles. The predicted molar refractivity (Wildman–Crippen MR) is 148 cm³/mol. The van der Waals surface area contributed by atoms with E-state index in [1.807, 2.05) is 13.8 Å². The molecule has 0 spiro atoms. The molecule has 1 fully saturated rings. The van der Waals surface area contributed by atoms with Crippen molar-refractivity contribution >= 4 is 33.7 Å². The summed E-state index contributed by atoms with van der Waals surface area (Å²) in [5.41, 5.74) is 1.41. The molecule has 2 rings (SSSR count). The van der Waals surface area contributed by atoms with Gasteiger partial charge in [-0.15, -0.1) is 0 Å². The van der Waals surface area contributed by atoms with Crippen molar-refractivity contribution in [1.82, 2.24) is 0 Å². The van der Waals surface area contributed by atoms with Crippen molar-refractivity contribution in [3.8, 4) is 0 Å². The molecular formula is C30H47BrO5. The molecule has 6 heteroatoms. The zero-order valence-corrected chi connectivity index (χ0v) is 24.1. The van der Waals surface area contributed by atoms with Crippen LogP contribution in [-0.2, 0) is 23.9 Å². The molecule has 5 unspecified atom stereocenters. The molecule has 0 heterocycles. The second kappa shape index (κ2) is 17.1. The van der Waals surface area contributed by atoms with Crippen LogP contribution in [0.15, 0.2) is 24.3 Å². The van der Waals surface area contributed by atoms with Crippen LogP contribution in [-0.4, -0.2) is 35.8 Å². The van der Waals surface area contributed by atoms with E-state index in [2.05, 4.69) is 28.6 Å². The number of esters is 2. The number of rotatable bonds is 16. The highest BCUT2D eigenvalue weighted by atomic mass is 79.9. The van der Waals surface area contributed by atoms with Gasteiger partial charge in [0.05, 0.1) is 19.1 Å². The molecule has 5 atom stereocenters. The van der Waals surface area contributed by atoms with Crippen LogP contribution in [0.1, 0.15) is 104 Å². The lowest BCUT2D eigenvalue weighted by Crippen LogP contribution is -2.33. The molecule has 5 nitrogen and oxygen atoms in total. The number of carbonyl (C=O) groups excluding carboxylic acids is 3. The van der Waals surface area contributed by atoms with Gasteiger partial charge < -0.3 is 9.47 Å². The Morgan fingerprint density at radius 1 is 0.972 bits per heavy atom. The van der Waals surface area contributed by atoms with E-state index in [0.29, 0.717) is 42.7 Å². The minimum Gasteiger partial charge on any atom is -0.466 e. The number of allylic oxidation sites excluding steroid dienone is 3. The monoisotopic (exact) mass is 566 g/mol. The first kappa shape index (κ1) is 30.8. The van der Waals surface area contributed by atoms with Crippen LogP contribution < -0.4 is 0 Å². The summed E-state index contributed by atoms with van der Waals surface area (Å²) in [7, 11) is 0. The quantitative estimate of drug-likeness (QED) is 0.0482. The number of hydrogen-bond acceptors (Lipinski definition) is 5. The van der Waals surface area contributed by atoms with Crippen LogP contribution in [0.4, 0.5) is 0 Å². The molecular weight excluding hydrogens is 520 g/mol. The van der Waals surface area contributed by atoms with Crippen LogP contribution in [0.2, 0.25) is 0 Å². The second-order valence-electron chi connectivity index (χ2n) is 10.4. The molecule has 0 bridgehead atoms. The number of ketones is 1. The van der Waals surface area contributed by atoms with E-state index in [1.54, 1.807) is 0 Å². The van der Waals surface area contributed by atoms with E-state index in [-0.39, 0.29) is 29.6 Å². The highest BCUT2D eigenvalue weighted by molar-refractivity contribution is 9.09. The largest absolute Gasteiger partial charge is 0.466 e. The summed E-state index contributed by atoms with van der Waals surface area (Å²) in [6.45, 7) is 8.21. The maximum atomic E-state index is 13.2. The van der Waals surface area contributed by atoms with Gasteiger partial charge in [-0.25, -0.2) is 0 Å². The maximum absolute atomic E-state index is 13.2. The Labute approximate surface area is 227 Å². The van der Waals surface area contributed by atoms with Gasteiger partial charge in [0.1, 0.15) is 0 Å². The SMILES string of the molecule is C=CC(=O)CCC1CCC=C1C1C(CCCCCCCC(=O)OCC)CC(Br)CCC1C(=O)OCC. The number of ether oxygens (including phenoxy) is 2. The lowest BCUT2D eigenvalue weighted by atomic mass is 9.70. The molecule has 0 amide bonds.